The molecular formula is C27H27Cl3N4O4. The SMILES string of the molecule is Cc1nc(Cl)cn(CCOCc2ccccc2)c1=O.O=c1c(Cl)nc(Cl)cn1CCOCc1ccccc1. The lowest BCUT2D eigenvalue weighted by Gasteiger charge is -2.08. The minimum atomic E-state index is -0.366. The smallest absolute Gasteiger partial charge is 0.288 e. The molecule has 0 spiro atoms. The molecule has 8 nitrogen and oxygen atoms in total. The van der Waals surface area contributed by atoms with E-state index in [-0.39, 0.29) is 21.4 Å². The van der Waals surface area contributed by atoms with Crippen LogP contribution in [0.25, 0.3) is 0 Å². The van der Waals surface area contributed by atoms with Gasteiger partial charge in [-0.1, -0.05) is 95.5 Å². The maximum atomic E-state index is 11.8. The van der Waals surface area contributed by atoms with Crippen molar-refractivity contribution < 1.29 is 9.47 Å². The number of halogens is 3. The van der Waals surface area contributed by atoms with Crippen molar-refractivity contribution >= 4 is 34.8 Å². The van der Waals surface area contributed by atoms with Crippen molar-refractivity contribution in [3.8, 4) is 0 Å². The van der Waals surface area contributed by atoms with Crippen molar-refractivity contribution in [3.63, 3.8) is 0 Å². The lowest BCUT2D eigenvalue weighted by atomic mass is 10.2. The second-order valence-corrected chi connectivity index (χ2v) is 9.21. The Hall–Kier alpha value is -3.01. The van der Waals surface area contributed by atoms with Crippen LogP contribution in [0.15, 0.2) is 82.6 Å². The summed E-state index contributed by atoms with van der Waals surface area (Å²) in [7, 11) is 0. The Labute approximate surface area is 235 Å². The molecule has 0 aliphatic heterocycles. The molecule has 0 fully saturated rings. The highest BCUT2D eigenvalue weighted by Crippen LogP contribution is 2.06. The van der Waals surface area contributed by atoms with Gasteiger partial charge in [-0.25, -0.2) is 9.97 Å². The Morgan fingerprint density at radius 1 is 0.684 bits per heavy atom. The van der Waals surface area contributed by atoms with Gasteiger partial charge in [0.1, 0.15) is 16.0 Å². The summed E-state index contributed by atoms with van der Waals surface area (Å²) in [5, 5.41) is 0.378. The molecule has 11 heteroatoms. The van der Waals surface area contributed by atoms with Crippen molar-refractivity contribution in [1.29, 1.82) is 0 Å². The Morgan fingerprint density at radius 2 is 1.13 bits per heavy atom. The molecule has 0 N–H and O–H groups in total. The second-order valence-electron chi connectivity index (χ2n) is 8.08. The van der Waals surface area contributed by atoms with Crippen molar-refractivity contribution in [1.82, 2.24) is 19.1 Å². The predicted octanol–water partition coefficient (Wildman–Crippen LogP) is 5.19. The number of hydrogen-bond acceptors (Lipinski definition) is 6. The first kappa shape index (κ1) is 29.5. The van der Waals surface area contributed by atoms with E-state index in [0.717, 1.165) is 11.1 Å². The molecule has 2 aromatic heterocycles. The van der Waals surface area contributed by atoms with Crippen LogP contribution in [-0.2, 0) is 35.8 Å². The third-order valence-electron chi connectivity index (χ3n) is 5.19. The molecule has 0 bridgehead atoms. The average molecular weight is 578 g/mol. The van der Waals surface area contributed by atoms with Gasteiger partial charge in [-0.15, -0.1) is 0 Å². The van der Waals surface area contributed by atoms with Gasteiger partial charge in [0.05, 0.1) is 26.4 Å². The van der Waals surface area contributed by atoms with Crippen molar-refractivity contribution in [2.24, 2.45) is 0 Å². The molecule has 0 aliphatic carbocycles. The van der Waals surface area contributed by atoms with Gasteiger partial charge in [0.25, 0.3) is 11.1 Å². The maximum absolute atomic E-state index is 11.8. The topological polar surface area (TPSA) is 88.2 Å². The Balaban J connectivity index is 0.000000211. The van der Waals surface area contributed by atoms with Crippen LogP contribution in [0, 0.1) is 6.92 Å². The van der Waals surface area contributed by atoms with Gasteiger partial charge in [0.15, 0.2) is 5.15 Å². The van der Waals surface area contributed by atoms with E-state index in [4.69, 9.17) is 44.3 Å². The molecule has 0 saturated carbocycles. The number of benzene rings is 2. The molecule has 2 aromatic carbocycles. The molecule has 0 unspecified atom stereocenters. The molecule has 38 heavy (non-hydrogen) atoms. The molecule has 2 heterocycles. The zero-order valence-electron chi connectivity index (χ0n) is 20.7. The summed E-state index contributed by atoms with van der Waals surface area (Å²) < 4.78 is 13.9. The molecular weight excluding hydrogens is 551 g/mol. The largest absolute Gasteiger partial charge is 0.375 e. The van der Waals surface area contributed by atoms with Crippen LogP contribution in [0.5, 0.6) is 0 Å². The minimum absolute atomic E-state index is 0.129. The number of aromatic nitrogens is 4. The molecule has 0 aliphatic rings. The highest BCUT2D eigenvalue weighted by Gasteiger charge is 2.05. The molecule has 0 atom stereocenters. The third kappa shape index (κ3) is 9.70. The zero-order valence-corrected chi connectivity index (χ0v) is 23.0. The van der Waals surface area contributed by atoms with Gasteiger partial charge in [0.2, 0.25) is 0 Å². The molecule has 4 rings (SSSR count). The summed E-state index contributed by atoms with van der Waals surface area (Å²) in [6.07, 6.45) is 2.98. The second kappa shape index (κ2) is 15.4. The van der Waals surface area contributed by atoms with E-state index in [9.17, 15) is 9.59 Å². The van der Waals surface area contributed by atoms with E-state index in [1.165, 1.54) is 21.5 Å². The minimum Gasteiger partial charge on any atom is -0.375 e. The Bertz CT molecular complexity index is 1300. The van der Waals surface area contributed by atoms with Crippen LogP contribution >= 0.6 is 34.8 Å². The fourth-order valence-corrected chi connectivity index (χ4v) is 3.98. The van der Waals surface area contributed by atoms with Crippen LogP contribution < -0.4 is 11.1 Å². The van der Waals surface area contributed by atoms with E-state index >= 15 is 0 Å². The first-order chi connectivity index (χ1) is 18.3. The first-order valence-electron chi connectivity index (χ1n) is 11.7. The van der Waals surface area contributed by atoms with Crippen LogP contribution in [0.2, 0.25) is 15.5 Å². The van der Waals surface area contributed by atoms with Crippen LogP contribution in [0.4, 0.5) is 0 Å². The van der Waals surface area contributed by atoms with Gasteiger partial charge in [-0.2, -0.15) is 0 Å². The molecule has 0 saturated heterocycles. The summed E-state index contributed by atoms with van der Waals surface area (Å²) in [6.45, 7) is 4.38. The number of rotatable bonds is 10. The summed E-state index contributed by atoms with van der Waals surface area (Å²) in [6, 6.07) is 19.7. The van der Waals surface area contributed by atoms with Crippen LogP contribution in [0.1, 0.15) is 16.8 Å². The highest BCUT2D eigenvalue weighted by atomic mass is 35.5. The van der Waals surface area contributed by atoms with E-state index in [1.807, 2.05) is 60.7 Å². The normalized spacial score (nSPS) is 10.6. The lowest BCUT2D eigenvalue weighted by molar-refractivity contribution is 0.112. The van der Waals surface area contributed by atoms with Gasteiger partial charge in [0, 0.05) is 25.5 Å². The van der Waals surface area contributed by atoms with E-state index in [0.29, 0.717) is 50.4 Å². The first-order valence-corrected chi connectivity index (χ1v) is 12.9. The summed E-state index contributed by atoms with van der Waals surface area (Å²) >= 11 is 17.2. The molecule has 4 aromatic rings. The number of nitrogens with zero attached hydrogens (tertiary/aromatic N) is 4. The van der Waals surface area contributed by atoms with Crippen LogP contribution in [-0.4, -0.2) is 32.3 Å². The fraction of sp³-hybridized carbons (Fsp3) is 0.259. The van der Waals surface area contributed by atoms with Gasteiger partial charge >= 0.3 is 0 Å². The predicted molar refractivity (Wildman–Crippen MR) is 149 cm³/mol. The highest BCUT2D eigenvalue weighted by molar-refractivity contribution is 6.32. The lowest BCUT2D eigenvalue weighted by Crippen LogP contribution is -2.25. The molecule has 200 valence electrons. The van der Waals surface area contributed by atoms with Crippen LogP contribution in [0.3, 0.4) is 0 Å². The average Bonchev–Trinajstić information content (AvgIpc) is 2.91. The summed E-state index contributed by atoms with van der Waals surface area (Å²) in [5.41, 5.74) is 2.09. The third-order valence-corrected chi connectivity index (χ3v) is 5.80. The van der Waals surface area contributed by atoms with E-state index in [1.54, 1.807) is 6.92 Å². The summed E-state index contributed by atoms with van der Waals surface area (Å²) in [5.74, 6) is 0. The summed E-state index contributed by atoms with van der Waals surface area (Å²) in [4.78, 5) is 31.0. The Kier molecular flexibility index (Phi) is 12.0. The van der Waals surface area contributed by atoms with Gasteiger partial charge in [-0.05, 0) is 18.1 Å². The Morgan fingerprint density at radius 3 is 1.63 bits per heavy atom. The van der Waals surface area contributed by atoms with E-state index in [2.05, 4.69) is 9.97 Å². The monoisotopic (exact) mass is 576 g/mol. The standard InChI is InChI=1S/C14H15ClN2O2.C13H12Cl2N2O2/c1-11-14(18)17(9-13(15)16-11)7-8-19-10-12-5-3-2-4-6-12;14-11-8-17(13(18)12(15)16-11)6-7-19-9-10-4-2-1-3-5-10/h2-6,9H,7-8,10H2,1H3;1-5,8H,6-7,9H2. The fourth-order valence-electron chi connectivity index (χ4n) is 3.29. The number of hydrogen-bond donors (Lipinski definition) is 0. The van der Waals surface area contributed by atoms with Gasteiger partial charge in [-0.3, -0.25) is 9.59 Å². The van der Waals surface area contributed by atoms with Crippen molar-refractivity contribution in [3.05, 3.63) is 126 Å². The maximum Gasteiger partial charge on any atom is 0.288 e. The van der Waals surface area contributed by atoms with Crippen molar-refractivity contribution in [2.75, 3.05) is 13.2 Å². The molecule has 0 radical (unpaired) electrons. The number of ether oxygens (including phenoxy) is 2. The van der Waals surface area contributed by atoms with Crippen molar-refractivity contribution in [2.45, 2.75) is 33.2 Å². The van der Waals surface area contributed by atoms with Gasteiger partial charge < -0.3 is 18.6 Å². The van der Waals surface area contributed by atoms with E-state index < -0.39 is 0 Å². The zero-order chi connectivity index (χ0) is 27.3. The quantitative estimate of drug-likeness (QED) is 0.241. The molecule has 0 amide bonds. The number of aryl methyl sites for hydroxylation is 1.